The van der Waals surface area contributed by atoms with Gasteiger partial charge in [0.1, 0.15) is 0 Å². The van der Waals surface area contributed by atoms with E-state index in [2.05, 4.69) is 20.3 Å². The molecule has 0 bridgehead atoms. The van der Waals surface area contributed by atoms with Crippen molar-refractivity contribution in [3.63, 3.8) is 0 Å². The van der Waals surface area contributed by atoms with E-state index in [9.17, 15) is 8.78 Å². The van der Waals surface area contributed by atoms with Crippen LogP contribution in [0.5, 0.6) is 0 Å². The van der Waals surface area contributed by atoms with Crippen LogP contribution in [-0.2, 0) is 11.3 Å². The Morgan fingerprint density at radius 3 is 3.07 bits per heavy atom. The molecule has 2 aromatic rings. The lowest BCUT2D eigenvalue weighted by atomic mass is 10.3. The monoisotopic (exact) mass is 200 g/mol. The summed E-state index contributed by atoms with van der Waals surface area (Å²) >= 11 is 0. The zero-order valence-electron chi connectivity index (χ0n) is 6.97. The number of hydrogen-bond donors (Lipinski definition) is 0. The lowest BCUT2D eigenvalue weighted by Crippen LogP contribution is -2.04. The van der Waals surface area contributed by atoms with Gasteiger partial charge >= 0.3 is 6.61 Å². The maximum atomic E-state index is 11.8. The van der Waals surface area contributed by atoms with Crippen LogP contribution >= 0.6 is 0 Å². The van der Waals surface area contributed by atoms with Gasteiger partial charge in [0.2, 0.25) is 0 Å². The molecule has 0 aliphatic rings. The third-order valence-electron chi connectivity index (χ3n) is 1.66. The predicted molar refractivity (Wildman–Crippen MR) is 41.6 cm³/mol. The minimum atomic E-state index is -2.79. The number of rotatable bonds is 3. The average molecular weight is 200 g/mol. The lowest BCUT2D eigenvalue weighted by molar-refractivity contribution is -0.138. The Morgan fingerprint density at radius 1 is 1.43 bits per heavy atom. The van der Waals surface area contributed by atoms with E-state index >= 15 is 0 Å². The standard InChI is InChI=1S/C7H6F2N4O/c8-7(9)14-4-5-2-1-3-6-10-11-12-13(5)6/h1-3,7H,4H2. The van der Waals surface area contributed by atoms with Crippen LogP contribution in [0.25, 0.3) is 5.65 Å². The molecule has 0 atom stereocenters. The van der Waals surface area contributed by atoms with E-state index < -0.39 is 6.61 Å². The molecule has 0 saturated heterocycles. The van der Waals surface area contributed by atoms with E-state index in [-0.39, 0.29) is 6.61 Å². The second kappa shape index (κ2) is 3.62. The first-order chi connectivity index (χ1) is 6.77. The number of pyridine rings is 1. The zero-order chi connectivity index (χ0) is 9.97. The van der Waals surface area contributed by atoms with Gasteiger partial charge in [-0.1, -0.05) is 6.07 Å². The summed E-state index contributed by atoms with van der Waals surface area (Å²) in [6, 6.07) is 4.97. The Labute approximate surface area is 77.3 Å². The number of hydrogen-bond acceptors (Lipinski definition) is 4. The summed E-state index contributed by atoms with van der Waals surface area (Å²) in [5, 5.41) is 10.7. The Hall–Kier alpha value is -1.63. The van der Waals surface area contributed by atoms with Crippen molar-refractivity contribution in [3.8, 4) is 0 Å². The summed E-state index contributed by atoms with van der Waals surface area (Å²) in [7, 11) is 0. The highest BCUT2D eigenvalue weighted by Crippen LogP contribution is 2.06. The van der Waals surface area contributed by atoms with E-state index in [4.69, 9.17) is 0 Å². The molecule has 0 amide bonds. The highest BCUT2D eigenvalue weighted by molar-refractivity contribution is 5.36. The van der Waals surface area contributed by atoms with Gasteiger partial charge in [0.05, 0.1) is 12.3 Å². The predicted octanol–water partition coefficient (Wildman–Crippen LogP) is 0.863. The number of halogens is 2. The molecule has 7 heteroatoms. The fourth-order valence-corrected chi connectivity index (χ4v) is 1.08. The summed E-state index contributed by atoms with van der Waals surface area (Å²) in [4.78, 5) is 0. The molecule has 0 fully saturated rings. The fourth-order valence-electron chi connectivity index (χ4n) is 1.08. The Kier molecular flexibility index (Phi) is 2.32. The van der Waals surface area contributed by atoms with Crippen LogP contribution in [0.15, 0.2) is 18.2 Å². The van der Waals surface area contributed by atoms with Gasteiger partial charge < -0.3 is 4.74 Å². The van der Waals surface area contributed by atoms with Crippen LogP contribution in [0.1, 0.15) is 5.69 Å². The summed E-state index contributed by atoms with van der Waals surface area (Å²) < 4.78 is 29.0. The van der Waals surface area contributed by atoms with Crippen molar-refractivity contribution in [1.29, 1.82) is 0 Å². The van der Waals surface area contributed by atoms with Gasteiger partial charge in [-0.3, -0.25) is 0 Å². The Morgan fingerprint density at radius 2 is 2.29 bits per heavy atom. The summed E-state index contributed by atoms with van der Waals surface area (Å²) in [6.45, 7) is -3.01. The first-order valence-electron chi connectivity index (χ1n) is 3.83. The van der Waals surface area contributed by atoms with Gasteiger partial charge in [0.25, 0.3) is 0 Å². The van der Waals surface area contributed by atoms with Crippen LogP contribution < -0.4 is 0 Å². The van der Waals surface area contributed by atoms with Crippen molar-refractivity contribution in [1.82, 2.24) is 20.0 Å². The number of tetrazole rings is 1. The maximum Gasteiger partial charge on any atom is 0.345 e. The molecule has 0 aromatic carbocycles. The van der Waals surface area contributed by atoms with Crippen molar-refractivity contribution in [3.05, 3.63) is 23.9 Å². The van der Waals surface area contributed by atoms with E-state index in [1.54, 1.807) is 18.2 Å². The van der Waals surface area contributed by atoms with Gasteiger partial charge in [-0.05, 0) is 22.6 Å². The van der Waals surface area contributed by atoms with Gasteiger partial charge in [0.15, 0.2) is 5.65 Å². The highest BCUT2D eigenvalue weighted by atomic mass is 19.3. The first kappa shape index (κ1) is 8.95. The molecule has 5 nitrogen and oxygen atoms in total. The Balaban J connectivity index is 2.27. The molecule has 0 aliphatic carbocycles. The van der Waals surface area contributed by atoms with Crippen LogP contribution in [0.3, 0.4) is 0 Å². The molecule has 2 aromatic heterocycles. The molecule has 74 valence electrons. The second-order valence-corrected chi connectivity index (χ2v) is 2.54. The van der Waals surface area contributed by atoms with Crippen LogP contribution in [0.2, 0.25) is 0 Å². The summed E-state index contributed by atoms with van der Waals surface area (Å²) in [5.74, 6) is 0. The first-order valence-corrected chi connectivity index (χ1v) is 3.83. The van der Waals surface area contributed by atoms with Crippen LogP contribution in [-0.4, -0.2) is 26.7 Å². The number of nitrogens with zero attached hydrogens (tertiary/aromatic N) is 4. The van der Waals surface area contributed by atoms with E-state index in [0.717, 1.165) is 0 Å². The number of fused-ring (bicyclic) bond motifs is 1. The van der Waals surface area contributed by atoms with Gasteiger partial charge in [0, 0.05) is 0 Å². The van der Waals surface area contributed by atoms with Gasteiger partial charge in [-0.15, -0.1) is 5.10 Å². The van der Waals surface area contributed by atoms with Crippen molar-refractivity contribution in [2.45, 2.75) is 13.2 Å². The molecule has 0 unspecified atom stereocenters. The second-order valence-electron chi connectivity index (χ2n) is 2.54. The quantitative estimate of drug-likeness (QED) is 0.737. The zero-order valence-corrected chi connectivity index (χ0v) is 6.97. The summed E-state index contributed by atoms with van der Waals surface area (Å²) in [6.07, 6.45) is 0. The molecule has 0 radical (unpaired) electrons. The van der Waals surface area contributed by atoms with Gasteiger partial charge in [-0.2, -0.15) is 13.3 Å². The fraction of sp³-hybridized carbons (Fsp3) is 0.286. The van der Waals surface area contributed by atoms with Gasteiger partial charge in [-0.25, -0.2) is 0 Å². The minimum absolute atomic E-state index is 0.222. The highest BCUT2D eigenvalue weighted by Gasteiger charge is 2.06. The molecule has 2 rings (SSSR count). The molecular formula is C7H6F2N4O. The van der Waals surface area contributed by atoms with E-state index in [1.807, 2.05) is 0 Å². The minimum Gasteiger partial charge on any atom is -0.317 e. The molecule has 0 N–H and O–H groups in total. The third-order valence-corrected chi connectivity index (χ3v) is 1.66. The topological polar surface area (TPSA) is 52.3 Å². The van der Waals surface area contributed by atoms with Crippen molar-refractivity contribution >= 4 is 5.65 Å². The molecule has 14 heavy (non-hydrogen) atoms. The van der Waals surface area contributed by atoms with E-state index in [1.165, 1.54) is 4.52 Å². The third kappa shape index (κ3) is 1.67. The van der Waals surface area contributed by atoms with Crippen LogP contribution in [0, 0.1) is 0 Å². The molecule has 0 saturated carbocycles. The Bertz CT molecular complexity index is 430. The van der Waals surface area contributed by atoms with E-state index in [0.29, 0.717) is 11.3 Å². The number of alkyl halides is 2. The maximum absolute atomic E-state index is 11.8. The number of aromatic nitrogens is 4. The molecular weight excluding hydrogens is 194 g/mol. The largest absolute Gasteiger partial charge is 0.345 e. The molecule has 2 heterocycles. The number of ether oxygens (including phenoxy) is 1. The van der Waals surface area contributed by atoms with Crippen molar-refractivity contribution in [2.24, 2.45) is 0 Å². The molecule has 0 aliphatic heterocycles. The van der Waals surface area contributed by atoms with Crippen molar-refractivity contribution < 1.29 is 13.5 Å². The smallest absolute Gasteiger partial charge is 0.317 e. The van der Waals surface area contributed by atoms with Crippen molar-refractivity contribution in [2.75, 3.05) is 0 Å². The lowest BCUT2D eigenvalue weighted by Gasteiger charge is -2.03. The van der Waals surface area contributed by atoms with Crippen LogP contribution in [0.4, 0.5) is 8.78 Å². The average Bonchev–Trinajstić information content (AvgIpc) is 2.62. The molecule has 0 spiro atoms. The summed E-state index contributed by atoms with van der Waals surface area (Å²) in [5.41, 5.74) is 0.980. The SMILES string of the molecule is FC(F)OCc1cccc2nnnn12. The normalized spacial score (nSPS) is 11.4.